The number of likely N-dealkylation sites (tertiary alicyclic amines) is 1. The van der Waals surface area contributed by atoms with Gasteiger partial charge in [-0.1, -0.05) is 12.1 Å². The Bertz CT molecular complexity index is 874. The molecule has 0 bridgehead atoms. The van der Waals surface area contributed by atoms with Crippen LogP contribution in [-0.2, 0) is 11.8 Å². The van der Waals surface area contributed by atoms with Gasteiger partial charge in [0, 0.05) is 32.0 Å². The molecular formula is C19H24N4O2S. The number of carbonyl (C=O) groups is 1. The fraction of sp³-hybridized carbons (Fsp3) is 0.526. The van der Waals surface area contributed by atoms with Gasteiger partial charge in [0.05, 0.1) is 7.11 Å². The zero-order valence-corrected chi connectivity index (χ0v) is 16.0. The van der Waals surface area contributed by atoms with Crippen molar-refractivity contribution >= 4 is 18.1 Å². The van der Waals surface area contributed by atoms with Gasteiger partial charge in [-0.15, -0.1) is 0 Å². The van der Waals surface area contributed by atoms with Crippen molar-refractivity contribution in [3.05, 3.63) is 40.4 Å². The van der Waals surface area contributed by atoms with E-state index < -0.39 is 0 Å². The van der Waals surface area contributed by atoms with E-state index in [1.165, 1.54) is 5.56 Å². The minimum absolute atomic E-state index is 0.100. The topological polar surface area (TPSA) is 63.1 Å². The third-order valence-electron chi connectivity index (χ3n) is 5.64. The molecule has 1 N–H and O–H groups in total. The molecule has 138 valence electrons. The molecule has 1 saturated carbocycles. The second-order valence-corrected chi connectivity index (χ2v) is 7.68. The van der Waals surface area contributed by atoms with Crippen LogP contribution in [0.4, 0.5) is 0 Å². The molecule has 2 aromatic rings. The van der Waals surface area contributed by atoms with Crippen LogP contribution in [0.3, 0.4) is 0 Å². The summed E-state index contributed by atoms with van der Waals surface area (Å²) < 4.78 is 7.85. The van der Waals surface area contributed by atoms with Crippen LogP contribution in [0.25, 0.3) is 0 Å². The number of nitrogens with zero attached hydrogens (tertiary/aromatic N) is 3. The van der Waals surface area contributed by atoms with Crippen LogP contribution < -0.4 is 4.74 Å². The van der Waals surface area contributed by atoms with Crippen molar-refractivity contribution in [3.63, 3.8) is 0 Å². The Balaban J connectivity index is 1.44. The lowest BCUT2D eigenvalue weighted by Crippen LogP contribution is -2.40. The number of piperidine rings is 1. The van der Waals surface area contributed by atoms with Gasteiger partial charge >= 0.3 is 0 Å². The Labute approximate surface area is 158 Å². The van der Waals surface area contributed by atoms with Gasteiger partial charge in [-0.2, -0.15) is 5.10 Å². The summed E-state index contributed by atoms with van der Waals surface area (Å²) in [6.45, 7) is 1.57. The number of rotatable bonds is 4. The SMILES string of the molecule is COc1cccc(C2CC2C(=O)N2CCCC(c3n[nH]c(=S)n3C)C2)c1. The second-order valence-electron chi connectivity index (χ2n) is 7.29. The third kappa shape index (κ3) is 3.16. The fourth-order valence-electron chi connectivity index (χ4n) is 4.06. The first kappa shape index (κ1) is 17.3. The van der Waals surface area contributed by atoms with Crippen LogP contribution in [0, 0.1) is 10.7 Å². The fourth-order valence-corrected chi connectivity index (χ4v) is 4.19. The minimum Gasteiger partial charge on any atom is -0.497 e. The number of H-pyrrole nitrogens is 1. The summed E-state index contributed by atoms with van der Waals surface area (Å²) in [6, 6.07) is 8.07. The van der Waals surface area contributed by atoms with Crippen molar-refractivity contribution in [3.8, 4) is 5.75 Å². The molecule has 2 aliphatic rings. The standard InChI is InChI=1S/C19H24N4O2S/c1-22-17(20-21-19(22)26)13-6-4-8-23(11-13)18(24)16-10-15(16)12-5-3-7-14(9-12)25-2/h3,5,7,9,13,15-16H,4,6,8,10-11H2,1-2H3,(H,21,26). The zero-order chi connectivity index (χ0) is 18.3. The first-order valence-corrected chi connectivity index (χ1v) is 9.53. The Morgan fingerprint density at radius 3 is 3.00 bits per heavy atom. The third-order valence-corrected chi connectivity index (χ3v) is 6.01. The van der Waals surface area contributed by atoms with Gasteiger partial charge in [0.2, 0.25) is 5.91 Å². The number of hydrogen-bond acceptors (Lipinski definition) is 4. The molecule has 1 saturated heterocycles. The van der Waals surface area contributed by atoms with Gasteiger partial charge < -0.3 is 14.2 Å². The van der Waals surface area contributed by atoms with Crippen molar-refractivity contribution in [2.45, 2.75) is 31.1 Å². The van der Waals surface area contributed by atoms with Gasteiger partial charge in [-0.3, -0.25) is 9.89 Å². The molecule has 6 nitrogen and oxygen atoms in total. The number of methoxy groups -OCH3 is 1. The van der Waals surface area contributed by atoms with Crippen molar-refractivity contribution in [2.75, 3.05) is 20.2 Å². The molecule has 26 heavy (non-hydrogen) atoms. The maximum atomic E-state index is 13.0. The summed E-state index contributed by atoms with van der Waals surface area (Å²) in [5, 5.41) is 7.22. The molecule has 3 unspecified atom stereocenters. The van der Waals surface area contributed by atoms with E-state index in [9.17, 15) is 4.79 Å². The molecule has 1 aliphatic heterocycles. The maximum absolute atomic E-state index is 13.0. The maximum Gasteiger partial charge on any atom is 0.226 e. The first-order chi connectivity index (χ1) is 12.6. The van der Waals surface area contributed by atoms with Crippen molar-refractivity contribution in [1.82, 2.24) is 19.7 Å². The highest BCUT2D eigenvalue weighted by Crippen LogP contribution is 2.49. The van der Waals surface area contributed by atoms with Crippen LogP contribution >= 0.6 is 12.2 Å². The van der Waals surface area contributed by atoms with Crippen molar-refractivity contribution in [2.24, 2.45) is 13.0 Å². The molecule has 3 atom stereocenters. The van der Waals surface area contributed by atoms with E-state index in [0.717, 1.165) is 43.9 Å². The van der Waals surface area contributed by atoms with E-state index in [1.807, 2.05) is 34.7 Å². The molecule has 2 heterocycles. The van der Waals surface area contributed by atoms with Crippen LogP contribution in [0.1, 0.15) is 42.5 Å². The summed E-state index contributed by atoms with van der Waals surface area (Å²) in [5.41, 5.74) is 1.20. The number of amides is 1. The molecule has 1 aromatic carbocycles. The Morgan fingerprint density at radius 1 is 1.42 bits per heavy atom. The summed E-state index contributed by atoms with van der Waals surface area (Å²) >= 11 is 5.22. The van der Waals surface area contributed by atoms with Crippen LogP contribution in [0.15, 0.2) is 24.3 Å². The smallest absolute Gasteiger partial charge is 0.226 e. The van der Waals surface area contributed by atoms with E-state index in [0.29, 0.717) is 10.7 Å². The highest BCUT2D eigenvalue weighted by Gasteiger charge is 2.46. The normalized spacial score (nSPS) is 25.2. The average molecular weight is 372 g/mol. The lowest BCUT2D eigenvalue weighted by atomic mass is 9.96. The number of ether oxygens (including phenoxy) is 1. The van der Waals surface area contributed by atoms with E-state index in [1.54, 1.807) is 7.11 Å². The highest BCUT2D eigenvalue weighted by molar-refractivity contribution is 7.71. The lowest BCUT2D eigenvalue weighted by Gasteiger charge is -2.32. The van der Waals surface area contributed by atoms with Gasteiger partial charge in [-0.05, 0) is 55.1 Å². The molecule has 1 amide bonds. The van der Waals surface area contributed by atoms with Crippen molar-refractivity contribution in [1.29, 1.82) is 0 Å². The summed E-state index contributed by atoms with van der Waals surface area (Å²) in [5.74, 6) is 2.75. The molecule has 4 rings (SSSR count). The zero-order valence-electron chi connectivity index (χ0n) is 15.1. The second kappa shape index (κ2) is 6.87. The van der Waals surface area contributed by atoms with Crippen LogP contribution in [0.5, 0.6) is 5.75 Å². The molecule has 2 fully saturated rings. The lowest BCUT2D eigenvalue weighted by molar-refractivity contribution is -0.133. The van der Waals surface area contributed by atoms with Crippen LogP contribution in [0.2, 0.25) is 0 Å². The number of hydrogen-bond donors (Lipinski definition) is 1. The number of aromatic nitrogens is 3. The summed E-state index contributed by atoms with van der Waals surface area (Å²) in [6.07, 6.45) is 2.98. The monoisotopic (exact) mass is 372 g/mol. The molecule has 1 aliphatic carbocycles. The predicted octanol–water partition coefficient (Wildman–Crippen LogP) is 3.00. The average Bonchev–Trinajstić information content (AvgIpc) is 3.41. The molecule has 0 spiro atoms. The first-order valence-electron chi connectivity index (χ1n) is 9.12. The molecule has 1 aromatic heterocycles. The van der Waals surface area contributed by atoms with Crippen LogP contribution in [-0.4, -0.2) is 45.8 Å². The van der Waals surface area contributed by atoms with E-state index in [4.69, 9.17) is 17.0 Å². The Kier molecular flexibility index (Phi) is 4.56. The number of carbonyl (C=O) groups excluding carboxylic acids is 1. The largest absolute Gasteiger partial charge is 0.497 e. The van der Waals surface area contributed by atoms with Gasteiger partial charge in [-0.25, -0.2) is 0 Å². The minimum atomic E-state index is 0.100. The quantitative estimate of drug-likeness (QED) is 0.838. The van der Waals surface area contributed by atoms with Gasteiger partial charge in [0.1, 0.15) is 11.6 Å². The summed E-state index contributed by atoms with van der Waals surface area (Å²) in [7, 11) is 3.60. The molecule has 0 radical (unpaired) electrons. The summed E-state index contributed by atoms with van der Waals surface area (Å²) in [4.78, 5) is 15.0. The van der Waals surface area contributed by atoms with E-state index in [-0.39, 0.29) is 17.7 Å². The van der Waals surface area contributed by atoms with Gasteiger partial charge in [0.25, 0.3) is 0 Å². The molecular weight excluding hydrogens is 348 g/mol. The number of aromatic amines is 1. The Morgan fingerprint density at radius 2 is 2.27 bits per heavy atom. The van der Waals surface area contributed by atoms with Gasteiger partial charge in [0.15, 0.2) is 4.77 Å². The predicted molar refractivity (Wildman–Crippen MR) is 101 cm³/mol. The Hall–Kier alpha value is -2.15. The van der Waals surface area contributed by atoms with E-state index >= 15 is 0 Å². The van der Waals surface area contributed by atoms with Crippen molar-refractivity contribution < 1.29 is 9.53 Å². The number of nitrogens with one attached hydrogen (secondary N) is 1. The number of benzene rings is 1. The molecule has 7 heteroatoms. The van der Waals surface area contributed by atoms with E-state index in [2.05, 4.69) is 16.3 Å². The highest BCUT2D eigenvalue weighted by atomic mass is 32.1.